The highest BCUT2D eigenvalue weighted by Gasteiger charge is 2.37. The molecule has 0 fully saturated rings. The van der Waals surface area contributed by atoms with Crippen molar-refractivity contribution in [3.05, 3.63) is 67.8 Å². The number of nitrogens with zero attached hydrogens (tertiary/aromatic N) is 3. The molecule has 2 rings (SSSR count). The van der Waals surface area contributed by atoms with Crippen LogP contribution >= 0.6 is 0 Å². The minimum absolute atomic E-state index is 0.171. The summed E-state index contributed by atoms with van der Waals surface area (Å²) in [4.78, 5) is 19.7. The molecule has 0 amide bonds. The summed E-state index contributed by atoms with van der Waals surface area (Å²) in [7, 11) is 0. The molecule has 0 aliphatic heterocycles. The number of halogens is 3. The number of hydrogen-bond donors (Lipinski definition) is 2. The normalized spacial score (nSPS) is 11.5. The predicted molar refractivity (Wildman–Crippen MR) is 84.1 cm³/mol. The average Bonchev–Trinajstić information content (AvgIpc) is 2.55. The van der Waals surface area contributed by atoms with Gasteiger partial charge in [-0.3, -0.25) is 25.7 Å². The standard InChI is InChI=1S/C14H9F3N4O5/c15-14(16,17)9-5-10(20(23)24)13(11(6-9)21(25)26)19-18-7-8-3-1-2-4-12(8)22/h1-7,19,22H/b18-7-. The monoisotopic (exact) mass is 370 g/mol. The largest absolute Gasteiger partial charge is 0.507 e. The fraction of sp³-hybridized carbons (Fsp3) is 0.0714. The highest BCUT2D eigenvalue weighted by atomic mass is 19.4. The number of nitrogens with one attached hydrogen (secondary N) is 1. The lowest BCUT2D eigenvalue weighted by molar-refractivity contribution is -0.392. The van der Waals surface area contributed by atoms with Crippen molar-refractivity contribution in [2.24, 2.45) is 5.10 Å². The second kappa shape index (κ2) is 7.04. The fourth-order valence-corrected chi connectivity index (χ4v) is 1.94. The molecule has 0 saturated carbocycles. The number of hydrogen-bond acceptors (Lipinski definition) is 7. The maximum absolute atomic E-state index is 12.8. The first-order valence-corrected chi connectivity index (χ1v) is 6.72. The number of hydrazone groups is 1. The molecule has 0 unspecified atom stereocenters. The van der Waals surface area contributed by atoms with Crippen molar-refractivity contribution in [2.75, 3.05) is 5.43 Å². The molecular weight excluding hydrogens is 361 g/mol. The quantitative estimate of drug-likeness (QED) is 0.469. The smallest absolute Gasteiger partial charge is 0.416 e. The summed E-state index contributed by atoms with van der Waals surface area (Å²) >= 11 is 0. The number of phenols is 1. The van der Waals surface area contributed by atoms with Crippen LogP contribution in [0.3, 0.4) is 0 Å². The lowest BCUT2D eigenvalue weighted by atomic mass is 10.1. The van der Waals surface area contributed by atoms with Crippen molar-refractivity contribution in [2.45, 2.75) is 6.18 Å². The molecule has 2 aromatic rings. The molecule has 2 N–H and O–H groups in total. The molecule has 136 valence electrons. The maximum Gasteiger partial charge on any atom is 0.416 e. The van der Waals surface area contributed by atoms with Gasteiger partial charge in [0.15, 0.2) is 0 Å². The van der Waals surface area contributed by atoms with Crippen molar-refractivity contribution in [1.82, 2.24) is 0 Å². The van der Waals surface area contributed by atoms with Gasteiger partial charge in [-0.05, 0) is 12.1 Å². The number of nitro groups is 2. The van der Waals surface area contributed by atoms with E-state index >= 15 is 0 Å². The molecule has 0 saturated heterocycles. The van der Waals surface area contributed by atoms with Crippen LogP contribution < -0.4 is 5.43 Å². The molecule has 26 heavy (non-hydrogen) atoms. The Morgan fingerprint density at radius 3 is 2.08 bits per heavy atom. The summed E-state index contributed by atoms with van der Waals surface area (Å²) in [6.07, 6.45) is -4.01. The number of nitro benzene ring substituents is 2. The topological polar surface area (TPSA) is 131 Å². The second-order valence-electron chi connectivity index (χ2n) is 4.83. The van der Waals surface area contributed by atoms with Gasteiger partial charge in [-0.2, -0.15) is 18.3 Å². The highest BCUT2D eigenvalue weighted by Crippen LogP contribution is 2.41. The minimum Gasteiger partial charge on any atom is -0.507 e. The van der Waals surface area contributed by atoms with Gasteiger partial charge in [0.2, 0.25) is 5.69 Å². The molecule has 0 heterocycles. The Kier molecular flexibility index (Phi) is 5.05. The Balaban J connectivity index is 2.51. The fourth-order valence-electron chi connectivity index (χ4n) is 1.94. The van der Waals surface area contributed by atoms with Crippen molar-refractivity contribution < 1.29 is 28.1 Å². The zero-order valence-corrected chi connectivity index (χ0v) is 12.6. The molecular formula is C14H9F3N4O5. The Morgan fingerprint density at radius 1 is 1.08 bits per heavy atom. The van der Waals surface area contributed by atoms with Gasteiger partial charge in [-0.15, -0.1) is 0 Å². The third kappa shape index (κ3) is 4.03. The summed E-state index contributed by atoms with van der Waals surface area (Å²) in [5, 5.41) is 35.2. The molecule has 0 radical (unpaired) electrons. The van der Waals surface area contributed by atoms with Gasteiger partial charge in [0, 0.05) is 17.7 Å². The van der Waals surface area contributed by atoms with Crippen molar-refractivity contribution in [3.8, 4) is 5.75 Å². The van der Waals surface area contributed by atoms with E-state index in [1.807, 2.05) is 5.43 Å². The van der Waals surface area contributed by atoms with E-state index in [0.717, 1.165) is 6.21 Å². The number of anilines is 1. The summed E-state index contributed by atoms with van der Waals surface area (Å²) < 4.78 is 38.4. The van der Waals surface area contributed by atoms with Gasteiger partial charge < -0.3 is 5.11 Å². The Bertz CT molecular complexity index is 863. The minimum atomic E-state index is -5.01. The SMILES string of the molecule is O=[N+]([O-])c1cc(C(F)(F)F)cc([N+](=O)[O-])c1N/N=C\c1ccccc1O. The zero-order valence-electron chi connectivity index (χ0n) is 12.6. The van der Waals surface area contributed by atoms with Gasteiger partial charge in [0.05, 0.1) is 21.6 Å². The number of benzene rings is 2. The third-order valence-corrected chi connectivity index (χ3v) is 3.13. The molecule has 0 aliphatic rings. The van der Waals surface area contributed by atoms with E-state index in [9.17, 15) is 38.5 Å². The Hall–Kier alpha value is -3.70. The maximum atomic E-state index is 12.8. The van der Waals surface area contributed by atoms with Crippen LogP contribution in [0.1, 0.15) is 11.1 Å². The molecule has 9 nitrogen and oxygen atoms in total. The Morgan fingerprint density at radius 2 is 1.62 bits per heavy atom. The van der Waals surface area contributed by atoms with Crippen molar-refractivity contribution in [3.63, 3.8) is 0 Å². The first-order valence-electron chi connectivity index (χ1n) is 6.72. The molecule has 0 atom stereocenters. The molecule has 0 aliphatic carbocycles. The molecule has 0 aromatic heterocycles. The van der Waals surface area contributed by atoms with Crippen LogP contribution in [0.25, 0.3) is 0 Å². The van der Waals surface area contributed by atoms with Gasteiger partial charge in [0.25, 0.3) is 0 Å². The van der Waals surface area contributed by atoms with Crippen LogP contribution in [0.2, 0.25) is 0 Å². The third-order valence-electron chi connectivity index (χ3n) is 3.13. The molecule has 0 spiro atoms. The van der Waals surface area contributed by atoms with E-state index in [0.29, 0.717) is 0 Å². The number of rotatable bonds is 5. The van der Waals surface area contributed by atoms with E-state index in [-0.39, 0.29) is 23.4 Å². The van der Waals surface area contributed by atoms with Gasteiger partial charge in [-0.25, -0.2) is 0 Å². The summed E-state index contributed by atoms with van der Waals surface area (Å²) in [6, 6.07) is 6.16. The van der Waals surface area contributed by atoms with E-state index in [1.165, 1.54) is 18.2 Å². The predicted octanol–water partition coefficient (Wildman–Crippen LogP) is 3.67. The number of phenolic OH excluding ortho intramolecular Hbond substituents is 1. The molecule has 12 heteroatoms. The number of alkyl halides is 3. The van der Waals surface area contributed by atoms with Crippen LogP contribution in [0.4, 0.5) is 30.2 Å². The van der Waals surface area contributed by atoms with Crippen molar-refractivity contribution in [1.29, 1.82) is 0 Å². The lowest BCUT2D eigenvalue weighted by Gasteiger charge is -2.09. The number of aromatic hydroxyl groups is 1. The van der Waals surface area contributed by atoms with E-state index in [1.54, 1.807) is 6.07 Å². The molecule has 2 aromatic carbocycles. The molecule has 0 bridgehead atoms. The zero-order chi connectivity index (χ0) is 19.5. The van der Waals surface area contributed by atoms with Crippen molar-refractivity contribution >= 4 is 23.3 Å². The van der Waals surface area contributed by atoms with Crippen LogP contribution in [-0.2, 0) is 6.18 Å². The number of para-hydroxylation sites is 1. The van der Waals surface area contributed by atoms with Gasteiger partial charge in [0.1, 0.15) is 5.75 Å². The van der Waals surface area contributed by atoms with Crippen LogP contribution in [0.15, 0.2) is 41.5 Å². The van der Waals surface area contributed by atoms with Gasteiger partial charge >= 0.3 is 17.6 Å². The summed E-state index contributed by atoms with van der Waals surface area (Å²) in [5.41, 5.74) is -2.50. The highest BCUT2D eigenvalue weighted by molar-refractivity contribution is 5.84. The van der Waals surface area contributed by atoms with E-state index in [4.69, 9.17) is 0 Å². The first kappa shape index (κ1) is 18.6. The average molecular weight is 370 g/mol. The van der Waals surface area contributed by atoms with Crippen LogP contribution in [-0.4, -0.2) is 21.2 Å². The van der Waals surface area contributed by atoms with Gasteiger partial charge in [-0.1, -0.05) is 12.1 Å². The first-order chi connectivity index (χ1) is 12.1. The lowest BCUT2D eigenvalue weighted by Crippen LogP contribution is -2.09. The second-order valence-corrected chi connectivity index (χ2v) is 4.83. The van der Waals surface area contributed by atoms with Crippen LogP contribution in [0.5, 0.6) is 5.75 Å². The van der Waals surface area contributed by atoms with E-state index in [2.05, 4.69) is 5.10 Å². The summed E-state index contributed by atoms with van der Waals surface area (Å²) in [5.74, 6) is -0.186. The summed E-state index contributed by atoms with van der Waals surface area (Å²) in [6.45, 7) is 0. The van der Waals surface area contributed by atoms with Crippen LogP contribution in [0, 0.1) is 20.2 Å². The Labute approximate surface area is 142 Å². The van der Waals surface area contributed by atoms with E-state index < -0.39 is 38.6 Å².